The lowest BCUT2D eigenvalue weighted by molar-refractivity contribution is -0.143. The first-order valence-electron chi connectivity index (χ1n) is 6.98. The fourth-order valence-electron chi connectivity index (χ4n) is 4.05. The predicted molar refractivity (Wildman–Crippen MR) is 78.2 cm³/mol. The van der Waals surface area contributed by atoms with Gasteiger partial charge in [0.15, 0.2) is 0 Å². The summed E-state index contributed by atoms with van der Waals surface area (Å²) in [7, 11) is 0. The van der Waals surface area contributed by atoms with Crippen molar-refractivity contribution in [2.45, 2.75) is 23.8 Å². The molecule has 5 rings (SSSR count). The highest BCUT2D eigenvalue weighted by atomic mass is 16.4. The minimum Gasteiger partial charge on any atom is -0.475 e. The lowest BCUT2D eigenvalue weighted by Crippen LogP contribution is -2.50. The van der Waals surface area contributed by atoms with Gasteiger partial charge in [-0.1, -0.05) is 48.5 Å². The van der Waals surface area contributed by atoms with Crippen LogP contribution in [0.1, 0.15) is 40.5 Å². The molecular weight excluding hydrogens is 262 g/mol. The Balaban J connectivity index is 2.08. The van der Waals surface area contributed by atoms with Crippen LogP contribution in [0.3, 0.4) is 0 Å². The van der Waals surface area contributed by atoms with Crippen LogP contribution >= 0.6 is 0 Å². The van der Waals surface area contributed by atoms with E-state index in [1.807, 2.05) is 36.4 Å². The maximum Gasteiger partial charge on any atom is 0.392 e. The Bertz CT molecular complexity index is 757. The SMILES string of the molecule is [C-]#[N+]C1(C(=O)O)CC2c3ccccc3C1c1ccccc12. The molecule has 2 aromatic carbocycles. The van der Waals surface area contributed by atoms with Crippen molar-refractivity contribution in [1.82, 2.24) is 0 Å². The number of carboxylic acids is 1. The Morgan fingerprint density at radius 1 is 1.05 bits per heavy atom. The van der Waals surface area contributed by atoms with Crippen molar-refractivity contribution in [2.24, 2.45) is 0 Å². The molecule has 0 amide bonds. The molecule has 1 unspecified atom stereocenters. The van der Waals surface area contributed by atoms with E-state index in [9.17, 15) is 9.90 Å². The molecule has 0 radical (unpaired) electrons. The van der Waals surface area contributed by atoms with Gasteiger partial charge in [-0.2, -0.15) is 0 Å². The Hall–Kier alpha value is -2.60. The number of hydrogen-bond donors (Lipinski definition) is 1. The van der Waals surface area contributed by atoms with Crippen LogP contribution in [0.4, 0.5) is 0 Å². The summed E-state index contributed by atoms with van der Waals surface area (Å²) >= 11 is 0. The summed E-state index contributed by atoms with van der Waals surface area (Å²) in [6, 6.07) is 15.9. The third-order valence-electron chi connectivity index (χ3n) is 4.93. The second kappa shape index (κ2) is 3.95. The zero-order valence-electron chi connectivity index (χ0n) is 11.3. The zero-order valence-corrected chi connectivity index (χ0v) is 11.3. The van der Waals surface area contributed by atoms with E-state index in [2.05, 4.69) is 17.0 Å². The fourth-order valence-corrected chi connectivity index (χ4v) is 4.05. The highest BCUT2D eigenvalue weighted by Crippen LogP contribution is 2.58. The standard InChI is InChI=1S/C18H13NO2/c1-19-18(17(20)21)10-15-11-6-2-4-8-13(11)16(18)14-9-5-3-7-12(14)15/h2-9,15-16H,10H2,(H,20,21). The minimum atomic E-state index is -1.37. The average Bonchev–Trinajstić information content (AvgIpc) is 2.54. The zero-order chi connectivity index (χ0) is 14.6. The van der Waals surface area contributed by atoms with Crippen molar-refractivity contribution < 1.29 is 9.90 Å². The summed E-state index contributed by atoms with van der Waals surface area (Å²) in [5.74, 6) is -1.37. The molecule has 3 aliphatic carbocycles. The third kappa shape index (κ3) is 1.34. The summed E-state index contributed by atoms with van der Waals surface area (Å²) in [5.41, 5.74) is 3.01. The van der Waals surface area contributed by atoms with Crippen LogP contribution in [-0.4, -0.2) is 16.6 Å². The van der Waals surface area contributed by atoms with Crippen LogP contribution in [0.15, 0.2) is 48.5 Å². The second-order valence-electron chi connectivity index (χ2n) is 5.79. The van der Waals surface area contributed by atoms with Crippen molar-refractivity contribution >= 4 is 5.97 Å². The van der Waals surface area contributed by atoms with Crippen LogP contribution in [-0.2, 0) is 4.79 Å². The topological polar surface area (TPSA) is 41.7 Å². The van der Waals surface area contributed by atoms with Gasteiger partial charge in [-0.3, -0.25) is 4.85 Å². The van der Waals surface area contributed by atoms with Crippen molar-refractivity contribution in [3.63, 3.8) is 0 Å². The molecule has 102 valence electrons. The van der Waals surface area contributed by atoms with Gasteiger partial charge in [0, 0.05) is 12.3 Å². The number of carbonyl (C=O) groups is 1. The predicted octanol–water partition coefficient (Wildman–Crippen LogP) is 3.41. The molecule has 0 fully saturated rings. The van der Waals surface area contributed by atoms with E-state index in [1.165, 1.54) is 11.1 Å². The van der Waals surface area contributed by atoms with Gasteiger partial charge in [0.2, 0.25) is 0 Å². The minimum absolute atomic E-state index is 0.00704. The molecule has 3 heteroatoms. The molecule has 0 saturated carbocycles. The van der Waals surface area contributed by atoms with Crippen LogP contribution in [0.25, 0.3) is 4.85 Å². The molecule has 3 aliphatic rings. The van der Waals surface area contributed by atoms with Gasteiger partial charge in [-0.05, 0) is 22.3 Å². The van der Waals surface area contributed by atoms with Crippen LogP contribution < -0.4 is 0 Å². The number of hydrogen-bond acceptors (Lipinski definition) is 1. The smallest absolute Gasteiger partial charge is 0.392 e. The van der Waals surface area contributed by atoms with Gasteiger partial charge in [0.1, 0.15) is 0 Å². The van der Waals surface area contributed by atoms with Gasteiger partial charge >= 0.3 is 11.5 Å². The molecule has 0 aliphatic heterocycles. The summed E-state index contributed by atoms with van der Waals surface area (Å²) in [6.07, 6.45) is 0.366. The third-order valence-corrected chi connectivity index (χ3v) is 4.93. The Labute approximate surface area is 122 Å². The van der Waals surface area contributed by atoms with Gasteiger partial charge < -0.3 is 5.11 Å². The van der Waals surface area contributed by atoms with E-state index in [0.717, 1.165) is 11.1 Å². The number of fused-ring (bicyclic) bond motifs is 1. The van der Waals surface area contributed by atoms with E-state index in [4.69, 9.17) is 6.57 Å². The number of nitrogens with zero attached hydrogens (tertiary/aromatic N) is 1. The van der Waals surface area contributed by atoms with E-state index >= 15 is 0 Å². The fraction of sp³-hybridized carbons (Fsp3) is 0.222. The summed E-state index contributed by atoms with van der Waals surface area (Å²) in [6.45, 7) is 7.56. The van der Waals surface area contributed by atoms with Gasteiger partial charge in [0.05, 0.1) is 5.92 Å². The summed E-state index contributed by atoms with van der Waals surface area (Å²) < 4.78 is 0. The van der Waals surface area contributed by atoms with Crippen molar-refractivity contribution in [1.29, 1.82) is 0 Å². The van der Waals surface area contributed by atoms with E-state index in [0.29, 0.717) is 6.42 Å². The summed E-state index contributed by atoms with van der Waals surface area (Å²) in [4.78, 5) is 15.5. The van der Waals surface area contributed by atoms with Crippen molar-refractivity contribution in [3.8, 4) is 0 Å². The molecule has 0 spiro atoms. The molecule has 0 aromatic heterocycles. The lowest BCUT2D eigenvalue weighted by atomic mass is 9.56. The van der Waals surface area contributed by atoms with Gasteiger partial charge in [-0.15, -0.1) is 0 Å². The summed E-state index contributed by atoms with van der Waals surface area (Å²) in [5, 5.41) is 9.75. The number of rotatable bonds is 1. The Morgan fingerprint density at radius 3 is 1.95 bits per heavy atom. The average molecular weight is 275 g/mol. The van der Waals surface area contributed by atoms with Crippen LogP contribution in [0, 0.1) is 6.57 Å². The van der Waals surface area contributed by atoms with Gasteiger partial charge in [0.25, 0.3) is 0 Å². The Kier molecular flexibility index (Phi) is 2.29. The van der Waals surface area contributed by atoms with E-state index in [1.54, 1.807) is 0 Å². The van der Waals surface area contributed by atoms with E-state index in [-0.39, 0.29) is 11.8 Å². The van der Waals surface area contributed by atoms with Crippen molar-refractivity contribution in [3.05, 3.63) is 82.2 Å². The monoisotopic (exact) mass is 275 g/mol. The normalized spacial score (nSPS) is 28.3. The first kappa shape index (κ1) is 12.2. The quantitative estimate of drug-likeness (QED) is 0.810. The molecule has 3 nitrogen and oxygen atoms in total. The maximum atomic E-state index is 11.9. The number of carboxylic acid groups (broad SMARTS) is 1. The van der Waals surface area contributed by atoms with Gasteiger partial charge in [-0.25, -0.2) is 11.4 Å². The number of aliphatic carboxylic acids is 1. The van der Waals surface area contributed by atoms with E-state index < -0.39 is 11.5 Å². The maximum absolute atomic E-state index is 11.9. The lowest BCUT2D eigenvalue weighted by Gasteiger charge is -2.44. The second-order valence-corrected chi connectivity index (χ2v) is 5.79. The first-order chi connectivity index (χ1) is 10.2. The molecule has 2 aromatic rings. The van der Waals surface area contributed by atoms with Crippen molar-refractivity contribution in [2.75, 3.05) is 0 Å². The highest BCUT2D eigenvalue weighted by Gasteiger charge is 2.63. The molecule has 21 heavy (non-hydrogen) atoms. The number of benzene rings is 2. The Morgan fingerprint density at radius 2 is 1.52 bits per heavy atom. The molecular formula is C18H13NO2. The molecule has 1 atom stereocenters. The molecule has 0 heterocycles. The molecule has 2 bridgehead atoms. The first-order valence-corrected chi connectivity index (χ1v) is 6.98. The van der Waals surface area contributed by atoms with Crippen LogP contribution in [0.2, 0.25) is 0 Å². The highest BCUT2D eigenvalue weighted by molar-refractivity contribution is 5.86. The molecule has 1 N–H and O–H groups in total. The van der Waals surface area contributed by atoms with Crippen LogP contribution in [0.5, 0.6) is 0 Å². The molecule has 0 saturated heterocycles. The largest absolute Gasteiger partial charge is 0.475 e.